The van der Waals surface area contributed by atoms with Crippen LogP contribution in [0.15, 0.2) is 53.4 Å². The standard InChI is InChI=1S/C21H15N3O7S.Na/c1-10-6-7-11(8-15(10)24(27)28)23-14-9-16(32(29,30)31)19(22)18-17(14)20(25)12-4-2-3-5-13(12)21(18)26;/h2-9,23H,22H2,1H3,(H,29,30,31);. The van der Waals surface area contributed by atoms with Crippen LogP contribution in [0, 0.1) is 17.0 Å². The number of nitro groups is 1. The van der Waals surface area contributed by atoms with Gasteiger partial charge in [0, 0.05) is 58.0 Å². The Labute approximate surface area is 210 Å². The van der Waals surface area contributed by atoms with Crippen LogP contribution in [0.25, 0.3) is 0 Å². The van der Waals surface area contributed by atoms with Gasteiger partial charge in [-0.2, -0.15) is 8.42 Å². The van der Waals surface area contributed by atoms with E-state index in [1.807, 2.05) is 0 Å². The van der Waals surface area contributed by atoms with Crippen molar-refractivity contribution in [2.75, 3.05) is 11.1 Å². The number of carbonyl (C=O) groups excluding carboxylic acids is 2. The Morgan fingerprint density at radius 1 is 1.00 bits per heavy atom. The summed E-state index contributed by atoms with van der Waals surface area (Å²) in [6, 6.07) is 11.1. The first-order valence-electron chi connectivity index (χ1n) is 9.15. The molecule has 0 aromatic heterocycles. The van der Waals surface area contributed by atoms with Crippen LogP contribution in [0.1, 0.15) is 37.4 Å². The van der Waals surface area contributed by atoms with E-state index in [9.17, 15) is 32.7 Å². The molecule has 0 aliphatic heterocycles. The maximum atomic E-state index is 13.2. The quantitative estimate of drug-likeness (QED) is 0.132. The Hall–Kier alpha value is -3.09. The summed E-state index contributed by atoms with van der Waals surface area (Å²) in [6.45, 7) is 1.54. The van der Waals surface area contributed by atoms with Crippen molar-refractivity contribution < 1.29 is 27.5 Å². The number of ketones is 2. The molecule has 1 aliphatic rings. The van der Waals surface area contributed by atoms with E-state index in [2.05, 4.69) is 5.32 Å². The predicted molar refractivity (Wildman–Crippen MR) is 121 cm³/mol. The number of rotatable bonds is 4. The van der Waals surface area contributed by atoms with Gasteiger partial charge in [-0.3, -0.25) is 24.3 Å². The first-order valence-corrected chi connectivity index (χ1v) is 10.6. The second-order valence-corrected chi connectivity index (χ2v) is 8.54. The number of anilines is 3. The molecule has 10 nitrogen and oxygen atoms in total. The predicted octanol–water partition coefficient (Wildman–Crippen LogP) is 2.87. The fourth-order valence-electron chi connectivity index (χ4n) is 3.65. The van der Waals surface area contributed by atoms with Crippen LogP contribution < -0.4 is 11.1 Å². The third-order valence-electron chi connectivity index (χ3n) is 5.16. The number of fused-ring (bicyclic) bond motifs is 2. The van der Waals surface area contributed by atoms with E-state index < -0.39 is 37.2 Å². The number of aryl methyl sites for hydroxylation is 1. The minimum absolute atomic E-state index is 0. The number of nitro benzene ring substituents is 1. The minimum atomic E-state index is -4.87. The molecule has 163 valence electrons. The van der Waals surface area contributed by atoms with Gasteiger partial charge in [0.05, 0.1) is 27.4 Å². The van der Waals surface area contributed by atoms with Crippen molar-refractivity contribution in [1.29, 1.82) is 0 Å². The van der Waals surface area contributed by atoms with E-state index in [1.165, 1.54) is 30.3 Å². The Morgan fingerprint density at radius 2 is 1.58 bits per heavy atom. The zero-order chi connectivity index (χ0) is 23.4. The molecule has 0 unspecified atom stereocenters. The number of benzene rings is 3. The molecule has 33 heavy (non-hydrogen) atoms. The molecule has 4 N–H and O–H groups in total. The third kappa shape index (κ3) is 4.16. The summed E-state index contributed by atoms with van der Waals surface area (Å²) >= 11 is 0. The molecule has 1 aliphatic carbocycles. The van der Waals surface area contributed by atoms with Crippen molar-refractivity contribution in [1.82, 2.24) is 0 Å². The second-order valence-electron chi connectivity index (χ2n) is 7.15. The summed E-state index contributed by atoms with van der Waals surface area (Å²) in [6.07, 6.45) is 0. The number of nitrogens with one attached hydrogen (secondary N) is 1. The maximum Gasteiger partial charge on any atom is 0.296 e. The zero-order valence-electron chi connectivity index (χ0n) is 17.4. The van der Waals surface area contributed by atoms with E-state index >= 15 is 0 Å². The minimum Gasteiger partial charge on any atom is -0.397 e. The second kappa shape index (κ2) is 8.69. The van der Waals surface area contributed by atoms with E-state index in [0.717, 1.165) is 6.07 Å². The Morgan fingerprint density at radius 3 is 2.12 bits per heavy atom. The summed E-state index contributed by atoms with van der Waals surface area (Å²) in [7, 11) is -4.87. The van der Waals surface area contributed by atoms with Crippen molar-refractivity contribution in [3.63, 3.8) is 0 Å². The smallest absolute Gasteiger partial charge is 0.296 e. The summed E-state index contributed by atoms with van der Waals surface area (Å²) in [5.74, 6) is -1.27. The van der Waals surface area contributed by atoms with Crippen LogP contribution in [-0.2, 0) is 10.1 Å². The summed E-state index contributed by atoms with van der Waals surface area (Å²) < 4.78 is 33.5. The molecule has 0 fully saturated rings. The Bertz CT molecular complexity index is 1470. The topological polar surface area (TPSA) is 170 Å². The molecule has 0 heterocycles. The molecular formula is C21H15N3NaO7S. The number of hydrogen-bond donors (Lipinski definition) is 3. The van der Waals surface area contributed by atoms with Gasteiger partial charge in [0.2, 0.25) is 0 Å². The van der Waals surface area contributed by atoms with Gasteiger partial charge in [0.1, 0.15) is 4.90 Å². The van der Waals surface area contributed by atoms with Gasteiger partial charge in [-0.15, -0.1) is 0 Å². The van der Waals surface area contributed by atoms with Crippen LogP contribution in [0.2, 0.25) is 0 Å². The van der Waals surface area contributed by atoms with E-state index in [-0.39, 0.29) is 68.9 Å². The molecule has 4 rings (SSSR count). The normalized spacial score (nSPS) is 12.4. The van der Waals surface area contributed by atoms with Gasteiger partial charge in [0.15, 0.2) is 11.6 Å². The monoisotopic (exact) mass is 476 g/mol. The van der Waals surface area contributed by atoms with Gasteiger partial charge in [0.25, 0.3) is 15.8 Å². The van der Waals surface area contributed by atoms with Gasteiger partial charge < -0.3 is 11.1 Å². The SMILES string of the molecule is Cc1ccc(Nc2cc(S(=O)(=O)O)c(N)c3c2C(=O)c2ccccc2C3=O)cc1[N+](=O)[O-].[Na]. The fraction of sp³-hybridized carbons (Fsp3) is 0.0476. The van der Waals surface area contributed by atoms with Crippen LogP contribution in [0.4, 0.5) is 22.7 Å². The molecule has 0 atom stereocenters. The van der Waals surface area contributed by atoms with Gasteiger partial charge in [-0.25, -0.2) is 0 Å². The molecular weight excluding hydrogens is 461 g/mol. The largest absolute Gasteiger partial charge is 0.397 e. The fourth-order valence-corrected chi connectivity index (χ4v) is 4.29. The first kappa shape index (κ1) is 24.6. The van der Waals surface area contributed by atoms with Gasteiger partial charge in [-0.1, -0.05) is 30.3 Å². The number of nitrogen functional groups attached to an aromatic ring is 1. The summed E-state index contributed by atoms with van der Waals surface area (Å²) in [5, 5.41) is 14.0. The molecule has 0 amide bonds. The summed E-state index contributed by atoms with van der Waals surface area (Å²) in [5.41, 5.74) is 5.14. The molecule has 0 saturated carbocycles. The number of carbonyl (C=O) groups is 2. The zero-order valence-corrected chi connectivity index (χ0v) is 20.3. The van der Waals surface area contributed by atoms with Crippen LogP contribution in [-0.4, -0.2) is 59.0 Å². The third-order valence-corrected chi connectivity index (χ3v) is 6.06. The molecule has 12 heteroatoms. The van der Waals surface area contributed by atoms with Gasteiger partial charge in [-0.05, 0) is 19.1 Å². The molecule has 0 spiro atoms. The molecule has 3 aromatic carbocycles. The van der Waals surface area contributed by atoms with Crippen molar-refractivity contribution in [3.05, 3.63) is 86.5 Å². The Kier molecular flexibility index (Phi) is 6.46. The van der Waals surface area contributed by atoms with Crippen molar-refractivity contribution >= 4 is 74.0 Å². The van der Waals surface area contributed by atoms with E-state index in [1.54, 1.807) is 19.1 Å². The van der Waals surface area contributed by atoms with Crippen molar-refractivity contribution in [3.8, 4) is 0 Å². The molecule has 1 radical (unpaired) electrons. The number of nitrogens with two attached hydrogens (primary N) is 1. The van der Waals surface area contributed by atoms with Crippen LogP contribution >= 0.6 is 0 Å². The van der Waals surface area contributed by atoms with Crippen LogP contribution in [0.5, 0.6) is 0 Å². The first-order chi connectivity index (χ1) is 15.0. The van der Waals surface area contributed by atoms with E-state index in [4.69, 9.17) is 5.73 Å². The van der Waals surface area contributed by atoms with Gasteiger partial charge >= 0.3 is 0 Å². The number of nitrogens with zero attached hydrogens (tertiary/aromatic N) is 1. The average Bonchev–Trinajstić information content (AvgIpc) is 2.73. The van der Waals surface area contributed by atoms with E-state index in [0.29, 0.717) is 5.56 Å². The molecule has 3 aromatic rings. The van der Waals surface area contributed by atoms with Crippen molar-refractivity contribution in [2.45, 2.75) is 11.8 Å². The van der Waals surface area contributed by atoms with Crippen molar-refractivity contribution in [2.24, 2.45) is 0 Å². The van der Waals surface area contributed by atoms with Crippen LogP contribution in [0.3, 0.4) is 0 Å². The average molecular weight is 476 g/mol. The summed E-state index contributed by atoms with van der Waals surface area (Å²) in [4.78, 5) is 36.3. The number of hydrogen-bond acceptors (Lipinski definition) is 8. The molecule has 0 saturated heterocycles. The molecule has 0 bridgehead atoms. The Balaban J connectivity index is 0.00000306. The maximum absolute atomic E-state index is 13.2.